The molecule has 0 saturated heterocycles. The number of unbranched alkanes of at least 4 members (excludes halogenated alkanes) is 3. The molecule has 1 fully saturated rings. The highest BCUT2D eigenvalue weighted by molar-refractivity contribution is 7.76. The SMILES string of the molecule is C[C@H](NCCCCCCN)[C]1[CH][CH][CH][C]1P(c1ccccc1)c1ccccc1. The number of nitrogens with two attached hydrogens (primary N) is 1. The average molecular weight is 392 g/mol. The Balaban J connectivity index is 1.68. The maximum absolute atomic E-state index is 5.58. The van der Waals surface area contributed by atoms with Crippen molar-refractivity contribution < 1.29 is 0 Å². The first kappa shape index (κ1) is 21.5. The molecule has 28 heavy (non-hydrogen) atoms. The van der Waals surface area contributed by atoms with Crippen molar-refractivity contribution >= 4 is 18.5 Å². The monoisotopic (exact) mass is 391 g/mol. The first-order valence-electron chi connectivity index (χ1n) is 10.4. The average Bonchev–Trinajstić information content (AvgIpc) is 3.22. The molecule has 3 N–H and O–H groups in total. The first-order valence-corrected chi connectivity index (χ1v) is 11.7. The largest absolute Gasteiger partial charge is 0.330 e. The zero-order valence-electron chi connectivity index (χ0n) is 16.9. The van der Waals surface area contributed by atoms with Gasteiger partial charge in [-0.1, -0.05) is 73.5 Å². The van der Waals surface area contributed by atoms with Gasteiger partial charge in [0.1, 0.15) is 0 Å². The van der Waals surface area contributed by atoms with Crippen LogP contribution in [0.1, 0.15) is 32.6 Å². The van der Waals surface area contributed by atoms with E-state index in [1.54, 1.807) is 0 Å². The second-order valence-corrected chi connectivity index (χ2v) is 9.44. The molecule has 0 heterocycles. The van der Waals surface area contributed by atoms with E-state index in [1.807, 2.05) is 0 Å². The second kappa shape index (κ2) is 11.7. The summed E-state index contributed by atoms with van der Waals surface area (Å²) in [5, 5.41) is 6.55. The van der Waals surface area contributed by atoms with E-state index < -0.39 is 7.92 Å². The van der Waals surface area contributed by atoms with Crippen LogP contribution in [0.5, 0.6) is 0 Å². The minimum Gasteiger partial charge on any atom is -0.330 e. The summed E-state index contributed by atoms with van der Waals surface area (Å²) >= 11 is 0. The fourth-order valence-electron chi connectivity index (χ4n) is 3.63. The number of hydrogen-bond donors (Lipinski definition) is 2. The van der Waals surface area contributed by atoms with Gasteiger partial charge in [-0.25, -0.2) is 0 Å². The number of nitrogens with one attached hydrogen (secondary N) is 1. The van der Waals surface area contributed by atoms with Crippen LogP contribution in [-0.2, 0) is 0 Å². The van der Waals surface area contributed by atoms with E-state index in [2.05, 4.69) is 92.2 Å². The van der Waals surface area contributed by atoms with E-state index in [-0.39, 0.29) is 0 Å². The van der Waals surface area contributed by atoms with Crippen LogP contribution in [0.4, 0.5) is 0 Å². The minimum absolute atomic E-state index is 0.358. The number of hydrogen-bond acceptors (Lipinski definition) is 2. The van der Waals surface area contributed by atoms with E-state index in [1.165, 1.54) is 41.4 Å². The maximum atomic E-state index is 5.58. The predicted octanol–water partition coefficient (Wildman–Crippen LogP) is 4.35. The van der Waals surface area contributed by atoms with Crippen molar-refractivity contribution in [3.05, 3.63) is 91.5 Å². The van der Waals surface area contributed by atoms with Crippen molar-refractivity contribution in [1.82, 2.24) is 5.32 Å². The lowest BCUT2D eigenvalue weighted by Gasteiger charge is -2.32. The molecule has 0 unspecified atom stereocenters. The quantitative estimate of drug-likeness (QED) is 0.441. The molecule has 2 aromatic rings. The normalized spacial score (nSPS) is 16.7. The molecule has 3 rings (SSSR count). The highest BCUT2D eigenvalue weighted by atomic mass is 31.1. The van der Waals surface area contributed by atoms with Crippen molar-refractivity contribution in [2.75, 3.05) is 13.1 Å². The fourth-order valence-corrected chi connectivity index (χ4v) is 6.18. The zero-order valence-corrected chi connectivity index (χ0v) is 17.7. The minimum atomic E-state index is -0.543. The molecule has 0 aliphatic heterocycles. The molecule has 147 valence electrons. The Bertz CT molecular complexity index is 621. The van der Waals surface area contributed by atoms with Gasteiger partial charge in [0.05, 0.1) is 0 Å². The third-order valence-electron chi connectivity index (χ3n) is 5.14. The third kappa shape index (κ3) is 5.89. The van der Waals surface area contributed by atoms with Crippen LogP contribution in [0.25, 0.3) is 0 Å². The molecule has 0 amide bonds. The van der Waals surface area contributed by atoms with Gasteiger partial charge in [0.25, 0.3) is 0 Å². The van der Waals surface area contributed by atoms with Gasteiger partial charge in [0, 0.05) is 17.6 Å². The van der Waals surface area contributed by atoms with Gasteiger partial charge in [0.2, 0.25) is 0 Å². The topological polar surface area (TPSA) is 38.0 Å². The Morgan fingerprint density at radius 3 is 2.04 bits per heavy atom. The molecular formula is C25H32N2P. The third-order valence-corrected chi connectivity index (χ3v) is 7.66. The molecule has 1 aliphatic carbocycles. The second-order valence-electron chi connectivity index (χ2n) is 7.25. The summed E-state index contributed by atoms with van der Waals surface area (Å²) in [5.74, 6) is 1.43. The van der Waals surface area contributed by atoms with E-state index in [0.29, 0.717) is 6.04 Å². The van der Waals surface area contributed by atoms with Gasteiger partial charge < -0.3 is 11.1 Å². The van der Waals surface area contributed by atoms with Gasteiger partial charge in [-0.2, -0.15) is 0 Å². The summed E-state index contributed by atoms with van der Waals surface area (Å²) in [7, 11) is -0.543. The highest BCUT2D eigenvalue weighted by Crippen LogP contribution is 2.56. The van der Waals surface area contributed by atoms with Gasteiger partial charge >= 0.3 is 0 Å². The van der Waals surface area contributed by atoms with Crippen molar-refractivity contribution in [2.45, 2.75) is 38.6 Å². The Kier molecular flexibility index (Phi) is 8.99. The van der Waals surface area contributed by atoms with Crippen molar-refractivity contribution in [3.8, 4) is 0 Å². The molecule has 2 aromatic carbocycles. The molecule has 0 spiro atoms. The Labute approximate surface area is 173 Å². The molecule has 0 bridgehead atoms. The molecule has 1 aliphatic rings. The molecule has 1 atom stereocenters. The van der Waals surface area contributed by atoms with Crippen LogP contribution < -0.4 is 21.7 Å². The Morgan fingerprint density at radius 1 is 0.821 bits per heavy atom. The fraction of sp³-hybridized carbons (Fsp3) is 0.320. The summed E-state index contributed by atoms with van der Waals surface area (Å²) in [5.41, 5.74) is 7.05. The van der Waals surface area contributed by atoms with E-state index in [4.69, 9.17) is 5.73 Å². The molecule has 3 heteroatoms. The van der Waals surface area contributed by atoms with Crippen molar-refractivity contribution in [2.24, 2.45) is 5.73 Å². The van der Waals surface area contributed by atoms with E-state index in [9.17, 15) is 0 Å². The van der Waals surface area contributed by atoms with Crippen molar-refractivity contribution in [1.29, 1.82) is 0 Å². The first-order chi connectivity index (χ1) is 13.8. The maximum Gasteiger partial charge on any atom is 0.0211 e. The summed E-state index contributed by atoms with van der Waals surface area (Å²) in [6.07, 6.45) is 11.7. The molecule has 2 nitrogen and oxygen atoms in total. The lowest BCUT2D eigenvalue weighted by Crippen LogP contribution is -2.35. The van der Waals surface area contributed by atoms with Gasteiger partial charge in [-0.15, -0.1) is 0 Å². The molecule has 0 aromatic heterocycles. The smallest absolute Gasteiger partial charge is 0.0211 e. The molecule has 1 saturated carbocycles. The van der Waals surface area contributed by atoms with Crippen LogP contribution in [0, 0.1) is 30.8 Å². The van der Waals surface area contributed by atoms with E-state index >= 15 is 0 Å². The highest BCUT2D eigenvalue weighted by Gasteiger charge is 2.39. The van der Waals surface area contributed by atoms with Crippen molar-refractivity contribution in [3.63, 3.8) is 0 Å². The lowest BCUT2D eigenvalue weighted by atomic mass is 9.99. The van der Waals surface area contributed by atoms with E-state index in [0.717, 1.165) is 19.5 Å². The van der Waals surface area contributed by atoms with Crippen LogP contribution in [0.2, 0.25) is 0 Å². The number of rotatable bonds is 11. The Morgan fingerprint density at radius 2 is 1.43 bits per heavy atom. The summed E-state index contributed by atoms with van der Waals surface area (Å²) in [6.45, 7) is 4.16. The zero-order chi connectivity index (χ0) is 19.6. The summed E-state index contributed by atoms with van der Waals surface area (Å²) < 4.78 is 0. The van der Waals surface area contributed by atoms with Crippen LogP contribution in [0.3, 0.4) is 0 Å². The standard InChI is InChI=1S/C25H32N2P/c1-21(27-20-11-3-2-10-19-26)24-17-12-18-25(24)28(22-13-6-4-7-14-22)23-15-8-5-9-16-23/h4-9,12-18,21,27H,2-3,10-11,19-20,26H2,1H3/t21-/m0/s1. The van der Waals surface area contributed by atoms with Gasteiger partial charge in [-0.3, -0.25) is 0 Å². The van der Waals surface area contributed by atoms with Gasteiger partial charge in [0.15, 0.2) is 0 Å². The predicted molar refractivity (Wildman–Crippen MR) is 123 cm³/mol. The van der Waals surface area contributed by atoms with Crippen LogP contribution >= 0.6 is 7.92 Å². The number of benzene rings is 2. The van der Waals surface area contributed by atoms with Crippen LogP contribution in [0.15, 0.2) is 60.7 Å². The van der Waals surface area contributed by atoms with Gasteiger partial charge in [-0.05, 0) is 70.6 Å². The Hall–Kier alpha value is -1.21. The molecular weight excluding hydrogens is 359 g/mol. The summed E-state index contributed by atoms with van der Waals surface area (Å²) in [4.78, 5) is 0. The lowest BCUT2D eigenvalue weighted by molar-refractivity contribution is 0.537. The van der Waals surface area contributed by atoms with Crippen LogP contribution in [-0.4, -0.2) is 19.1 Å². The summed E-state index contributed by atoms with van der Waals surface area (Å²) in [6, 6.07) is 22.2. The molecule has 5 radical (unpaired) electrons.